The molecule has 0 atom stereocenters. The van der Waals surface area contributed by atoms with E-state index < -0.39 is 23.3 Å². The lowest BCUT2D eigenvalue weighted by Crippen LogP contribution is -2.33. The lowest BCUT2D eigenvalue weighted by molar-refractivity contribution is -0.116. The maximum absolute atomic E-state index is 12.2. The van der Waals surface area contributed by atoms with Gasteiger partial charge in [-0.1, -0.05) is 12.1 Å². The van der Waals surface area contributed by atoms with Crippen molar-refractivity contribution >= 4 is 39.3 Å². The van der Waals surface area contributed by atoms with Gasteiger partial charge in [0.1, 0.15) is 5.69 Å². The maximum Gasteiger partial charge on any atom is 0.271 e. The van der Waals surface area contributed by atoms with Crippen LogP contribution < -0.4 is 10.9 Å². The number of halogens is 1. The number of carbonyl (C=O) groups is 3. The van der Waals surface area contributed by atoms with Gasteiger partial charge in [0, 0.05) is 23.6 Å². The van der Waals surface area contributed by atoms with E-state index >= 15 is 0 Å². The van der Waals surface area contributed by atoms with Crippen LogP contribution in [0.25, 0.3) is 0 Å². The number of hydrogen-bond donors (Lipinski definition) is 2. The second kappa shape index (κ2) is 6.40. The molecule has 0 unspecified atom stereocenters. The van der Waals surface area contributed by atoms with Crippen molar-refractivity contribution in [1.29, 1.82) is 0 Å². The molecule has 0 aliphatic carbocycles. The fourth-order valence-electron chi connectivity index (χ4n) is 2.42. The molecule has 1 aliphatic heterocycles. The Balaban J connectivity index is 1.65. The first-order chi connectivity index (χ1) is 11.5. The fraction of sp³-hybridized carbons (Fsp3) is 0.125. The molecule has 3 rings (SSSR count). The summed E-state index contributed by atoms with van der Waals surface area (Å²) in [6.07, 6.45) is 1.36. The number of aromatic nitrogens is 1. The van der Waals surface area contributed by atoms with Gasteiger partial charge in [0.2, 0.25) is 5.91 Å². The first-order valence-electron chi connectivity index (χ1n) is 7.10. The van der Waals surface area contributed by atoms with Gasteiger partial charge in [0.25, 0.3) is 17.4 Å². The molecule has 0 saturated carbocycles. The third kappa shape index (κ3) is 3.00. The molecule has 2 heterocycles. The van der Waals surface area contributed by atoms with Gasteiger partial charge < -0.3 is 10.3 Å². The Morgan fingerprint density at radius 1 is 1.12 bits per heavy atom. The Bertz CT molecular complexity index is 871. The Hall–Kier alpha value is -2.74. The van der Waals surface area contributed by atoms with E-state index in [1.165, 1.54) is 12.3 Å². The first-order valence-corrected chi connectivity index (χ1v) is 7.90. The molecular formula is C16H12BrN3O4. The van der Waals surface area contributed by atoms with Crippen molar-refractivity contribution in [3.8, 4) is 0 Å². The zero-order chi connectivity index (χ0) is 17.3. The predicted molar refractivity (Wildman–Crippen MR) is 89.8 cm³/mol. The van der Waals surface area contributed by atoms with Crippen LogP contribution in [0.15, 0.2) is 45.8 Å². The van der Waals surface area contributed by atoms with Crippen molar-refractivity contribution in [3.63, 3.8) is 0 Å². The van der Waals surface area contributed by atoms with Gasteiger partial charge in [-0.15, -0.1) is 0 Å². The number of hydrogen-bond acceptors (Lipinski definition) is 4. The highest BCUT2D eigenvalue weighted by molar-refractivity contribution is 9.10. The third-order valence-corrected chi connectivity index (χ3v) is 4.04. The fourth-order valence-corrected chi connectivity index (χ4v) is 2.76. The Morgan fingerprint density at radius 2 is 1.75 bits per heavy atom. The lowest BCUT2D eigenvalue weighted by Gasteiger charge is -2.13. The van der Waals surface area contributed by atoms with Crippen molar-refractivity contribution < 1.29 is 14.4 Å². The molecule has 0 fully saturated rings. The highest BCUT2D eigenvalue weighted by atomic mass is 79.9. The summed E-state index contributed by atoms with van der Waals surface area (Å²) in [5, 5.41) is 2.46. The van der Waals surface area contributed by atoms with E-state index in [4.69, 9.17) is 0 Å². The summed E-state index contributed by atoms with van der Waals surface area (Å²) in [6, 6.07) is 7.99. The minimum Gasteiger partial charge on any atom is -0.326 e. The summed E-state index contributed by atoms with van der Waals surface area (Å²) in [6.45, 7) is -0.0515. The largest absolute Gasteiger partial charge is 0.326 e. The van der Waals surface area contributed by atoms with E-state index in [2.05, 4.69) is 26.2 Å². The van der Waals surface area contributed by atoms with E-state index in [1.807, 2.05) is 0 Å². The van der Waals surface area contributed by atoms with Crippen molar-refractivity contribution in [2.24, 2.45) is 0 Å². The third-order valence-electron chi connectivity index (χ3n) is 3.58. The van der Waals surface area contributed by atoms with Gasteiger partial charge in [-0.05, 0) is 34.1 Å². The number of nitrogens with one attached hydrogen (secondary N) is 2. The smallest absolute Gasteiger partial charge is 0.271 e. The molecule has 122 valence electrons. The number of fused-ring (bicyclic) bond motifs is 1. The first kappa shape index (κ1) is 16.1. The molecule has 1 aromatic carbocycles. The van der Waals surface area contributed by atoms with Crippen LogP contribution in [-0.2, 0) is 4.79 Å². The van der Waals surface area contributed by atoms with E-state index in [0.29, 0.717) is 15.6 Å². The number of carbonyl (C=O) groups excluding carboxylic acids is 3. The zero-order valence-corrected chi connectivity index (χ0v) is 13.9. The number of imide groups is 1. The monoisotopic (exact) mass is 389 g/mol. The van der Waals surface area contributed by atoms with Crippen LogP contribution in [-0.4, -0.2) is 34.2 Å². The molecule has 0 spiro atoms. The summed E-state index contributed by atoms with van der Waals surface area (Å²) in [4.78, 5) is 51.5. The summed E-state index contributed by atoms with van der Waals surface area (Å²) < 4.78 is 0.609. The van der Waals surface area contributed by atoms with Crippen LogP contribution in [0.4, 0.5) is 5.69 Å². The van der Waals surface area contributed by atoms with Crippen molar-refractivity contribution in [1.82, 2.24) is 9.88 Å². The molecule has 2 aromatic rings. The van der Waals surface area contributed by atoms with Crippen LogP contribution in [0.1, 0.15) is 27.1 Å². The number of H-pyrrole nitrogens is 1. The topological polar surface area (TPSA) is 99.3 Å². The van der Waals surface area contributed by atoms with E-state index in [0.717, 1.165) is 4.90 Å². The SMILES string of the molecule is O=C(CCN1C(=O)c2ccccc2C1=O)Nc1cc(Br)c[nH]c1=O. The molecule has 7 nitrogen and oxygen atoms in total. The molecule has 1 aromatic heterocycles. The lowest BCUT2D eigenvalue weighted by atomic mass is 10.1. The number of nitrogens with zero attached hydrogens (tertiary/aromatic N) is 1. The Labute approximate surface area is 144 Å². The number of aromatic amines is 1. The Kier molecular flexibility index (Phi) is 4.30. The van der Waals surface area contributed by atoms with Gasteiger partial charge in [-0.25, -0.2) is 0 Å². The normalized spacial score (nSPS) is 13.1. The summed E-state index contributed by atoms with van der Waals surface area (Å²) >= 11 is 3.19. The van der Waals surface area contributed by atoms with Crippen LogP contribution in [0, 0.1) is 0 Å². The highest BCUT2D eigenvalue weighted by Crippen LogP contribution is 2.22. The zero-order valence-electron chi connectivity index (χ0n) is 12.3. The average molecular weight is 390 g/mol. The molecule has 8 heteroatoms. The summed E-state index contributed by atoms with van der Waals surface area (Å²) in [5.41, 5.74) is 0.335. The molecule has 3 amide bonds. The van der Waals surface area contributed by atoms with E-state index in [-0.39, 0.29) is 18.7 Å². The molecule has 0 bridgehead atoms. The van der Waals surface area contributed by atoms with Crippen LogP contribution in [0.5, 0.6) is 0 Å². The van der Waals surface area contributed by atoms with Gasteiger partial charge in [0.15, 0.2) is 0 Å². The van der Waals surface area contributed by atoms with Crippen molar-refractivity contribution in [2.75, 3.05) is 11.9 Å². The molecule has 24 heavy (non-hydrogen) atoms. The predicted octanol–water partition coefficient (Wildman–Crippen LogP) is 1.76. The maximum atomic E-state index is 12.2. The molecule has 2 N–H and O–H groups in total. The molecule has 1 aliphatic rings. The van der Waals surface area contributed by atoms with Crippen LogP contribution >= 0.6 is 15.9 Å². The number of anilines is 1. The summed E-state index contributed by atoms with van der Waals surface area (Å²) in [7, 11) is 0. The van der Waals surface area contributed by atoms with E-state index in [1.54, 1.807) is 24.3 Å². The van der Waals surface area contributed by atoms with E-state index in [9.17, 15) is 19.2 Å². The molecular weight excluding hydrogens is 378 g/mol. The quantitative estimate of drug-likeness (QED) is 0.778. The minimum absolute atomic E-state index is 0.0515. The van der Waals surface area contributed by atoms with Crippen LogP contribution in [0.2, 0.25) is 0 Å². The average Bonchev–Trinajstić information content (AvgIpc) is 2.81. The summed E-state index contributed by atoms with van der Waals surface area (Å²) in [5.74, 6) is -1.29. The van der Waals surface area contributed by atoms with Gasteiger partial charge in [-0.3, -0.25) is 24.1 Å². The van der Waals surface area contributed by atoms with Crippen molar-refractivity contribution in [2.45, 2.75) is 6.42 Å². The second-order valence-electron chi connectivity index (χ2n) is 5.17. The number of pyridine rings is 1. The number of benzene rings is 1. The number of amides is 3. The van der Waals surface area contributed by atoms with Crippen LogP contribution in [0.3, 0.4) is 0 Å². The second-order valence-corrected chi connectivity index (χ2v) is 6.08. The van der Waals surface area contributed by atoms with Crippen molar-refractivity contribution in [3.05, 3.63) is 62.5 Å². The molecule has 0 radical (unpaired) electrons. The van der Waals surface area contributed by atoms with Gasteiger partial charge in [0.05, 0.1) is 11.1 Å². The standard InChI is InChI=1S/C16H12BrN3O4/c17-9-7-12(14(22)18-8-9)19-13(21)5-6-20-15(23)10-3-1-2-4-11(10)16(20)24/h1-4,7-8H,5-6H2,(H,18,22)(H,19,21). The van der Waals surface area contributed by atoms with Gasteiger partial charge in [-0.2, -0.15) is 0 Å². The molecule has 0 saturated heterocycles. The highest BCUT2D eigenvalue weighted by Gasteiger charge is 2.34. The van der Waals surface area contributed by atoms with Gasteiger partial charge >= 0.3 is 0 Å². The minimum atomic E-state index is -0.463. The Morgan fingerprint density at radius 3 is 2.38 bits per heavy atom. The number of rotatable bonds is 4.